The van der Waals surface area contributed by atoms with Crippen molar-refractivity contribution in [3.63, 3.8) is 0 Å². The number of ketones is 1. The highest BCUT2D eigenvalue weighted by molar-refractivity contribution is 6.25. The van der Waals surface area contributed by atoms with E-state index in [4.69, 9.17) is 9.15 Å². The lowest BCUT2D eigenvalue weighted by Crippen LogP contribution is -2.54. The van der Waals surface area contributed by atoms with Gasteiger partial charge in [0.05, 0.1) is 24.5 Å². The van der Waals surface area contributed by atoms with Crippen LogP contribution in [0, 0.1) is 6.92 Å². The smallest absolute Gasteiger partial charge is 0.290 e. The van der Waals surface area contributed by atoms with Crippen LogP contribution in [0.4, 0.5) is 5.69 Å². The molecule has 0 unspecified atom stereocenters. The molecule has 1 saturated heterocycles. The maximum atomic E-state index is 14.1. The average Bonchev–Trinajstić information content (AvgIpc) is 3.48. The molecule has 35 heavy (non-hydrogen) atoms. The van der Waals surface area contributed by atoms with E-state index in [1.54, 1.807) is 36.1 Å². The summed E-state index contributed by atoms with van der Waals surface area (Å²) in [6.07, 6.45) is 0.573. The number of anilines is 1. The van der Waals surface area contributed by atoms with Gasteiger partial charge >= 0.3 is 0 Å². The number of benzene rings is 1. The molecule has 0 radical (unpaired) electrons. The van der Waals surface area contributed by atoms with E-state index >= 15 is 0 Å². The number of rotatable bonds is 7. The van der Waals surface area contributed by atoms with Gasteiger partial charge in [0.2, 0.25) is 5.78 Å². The number of aliphatic hydroxyl groups excluding tert-OH is 1. The van der Waals surface area contributed by atoms with Gasteiger partial charge in [0.15, 0.2) is 17.1 Å². The maximum Gasteiger partial charge on any atom is 0.290 e. The summed E-state index contributed by atoms with van der Waals surface area (Å²) in [7, 11) is 0. The number of fused-ring (bicyclic) bond motifs is 2. The van der Waals surface area contributed by atoms with E-state index in [1.807, 2.05) is 13.0 Å². The van der Waals surface area contributed by atoms with E-state index in [1.165, 1.54) is 11.0 Å². The van der Waals surface area contributed by atoms with Crippen molar-refractivity contribution >= 4 is 23.3 Å². The van der Waals surface area contributed by atoms with Crippen molar-refractivity contribution in [3.8, 4) is 0 Å². The predicted molar refractivity (Wildman–Crippen MR) is 127 cm³/mol. The van der Waals surface area contributed by atoms with Gasteiger partial charge in [-0.15, -0.1) is 0 Å². The number of morpholine rings is 1. The SMILES string of the molecule is CCN1C(=O)[C@@]2(C(C(=O)c3ccc(C)o3)=C(O)C(=O)N2CCCN2CCOCC2)c2ccccc21. The molecule has 5 rings (SSSR count). The van der Waals surface area contributed by atoms with Crippen LogP contribution in [0.5, 0.6) is 0 Å². The molecule has 4 heterocycles. The van der Waals surface area contributed by atoms with Crippen LogP contribution >= 0.6 is 0 Å². The van der Waals surface area contributed by atoms with Gasteiger partial charge in [-0.25, -0.2) is 0 Å². The lowest BCUT2D eigenvalue weighted by atomic mass is 9.81. The van der Waals surface area contributed by atoms with E-state index < -0.39 is 28.9 Å². The third kappa shape index (κ3) is 3.49. The summed E-state index contributed by atoms with van der Waals surface area (Å²) in [5.74, 6) is -2.01. The summed E-state index contributed by atoms with van der Waals surface area (Å²) < 4.78 is 11.0. The topological polar surface area (TPSA) is 104 Å². The molecule has 0 aliphatic carbocycles. The van der Waals surface area contributed by atoms with Crippen molar-refractivity contribution in [2.24, 2.45) is 0 Å². The number of hydrogen-bond acceptors (Lipinski definition) is 7. The molecule has 0 saturated carbocycles. The minimum absolute atomic E-state index is 0.0216. The number of amides is 2. The molecule has 1 N–H and O–H groups in total. The molecule has 9 heteroatoms. The van der Waals surface area contributed by atoms with Crippen LogP contribution in [-0.2, 0) is 19.9 Å². The van der Waals surface area contributed by atoms with Crippen molar-refractivity contribution in [1.82, 2.24) is 9.80 Å². The Morgan fingerprint density at radius 1 is 1.09 bits per heavy atom. The van der Waals surface area contributed by atoms with E-state index in [9.17, 15) is 19.5 Å². The zero-order valence-corrected chi connectivity index (χ0v) is 20.0. The van der Waals surface area contributed by atoms with Gasteiger partial charge in [-0.3, -0.25) is 19.3 Å². The van der Waals surface area contributed by atoms with E-state index in [0.717, 1.165) is 13.1 Å². The summed E-state index contributed by atoms with van der Waals surface area (Å²) in [5, 5.41) is 11.1. The highest BCUT2D eigenvalue weighted by Crippen LogP contribution is 2.53. The van der Waals surface area contributed by atoms with E-state index in [2.05, 4.69) is 4.90 Å². The number of aryl methyl sites for hydroxylation is 1. The Kier molecular flexibility index (Phi) is 5.98. The third-order valence-corrected chi connectivity index (χ3v) is 7.06. The monoisotopic (exact) mass is 479 g/mol. The Balaban J connectivity index is 1.59. The molecule has 2 aromatic rings. The number of ether oxygens (including phenoxy) is 1. The predicted octanol–water partition coefficient (Wildman–Crippen LogP) is 2.41. The number of hydrogen-bond donors (Lipinski definition) is 1. The van der Waals surface area contributed by atoms with Crippen LogP contribution in [-0.4, -0.2) is 78.4 Å². The second-order valence-corrected chi connectivity index (χ2v) is 9.00. The van der Waals surface area contributed by atoms with Gasteiger partial charge in [-0.2, -0.15) is 0 Å². The minimum Gasteiger partial charge on any atom is -0.503 e. The number of Topliss-reactive ketones (excluding diaryl/α,β-unsaturated/α-hetero) is 1. The number of nitrogens with zero attached hydrogens (tertiary/aromatic N) is 3. The summed E-state index contributed by atoms with van der Waals surface area (Å²) in [4.78, 5) is 46.5. The number of furan rings is 1. The molecule has 9 nitrogen and oxygen atoms in total. The summed E-state index contributed by atoms with van der Waals surface area (Å²) in [5.41, 5.74) is -0.836. The largest absolute Gasteiger partial charge is 0.503 e. The number of carbonyl (C=O) groups excluding carboxylic acids is 3. The molecule has 1 fully saturated rings. The summed E-state index contributed by atoms with van der Waals surface area (Å²) in [6.45, 7) is 7.73. The fraction of sp³-hybridized carbons (Fsp3) is 0.423. The zero-order chi connectivity index (χ0) is 24.7. The van der Waals surface area contributed by atoms with Crippen molar-refractivity contribution in [2.45, 2.75) is 25.8 Å². The first-order valence-electron chi connectivity index (χ1n) is 12.0. The Hall–Kier alpha value is -3.43. The Morgan fingerprint density at radius 2 is 1.83 bits per heavy atom. The lowest BCUT2D eigenvalue weighted by molar-refractivity contribution is -0.139. The normalized spacial score (nSPS) is 22.6. The van der Waals surface area contributed by atoms with Crippen LogP contribution in [0.1, 0.15) is 35.2 Å². The van der Waals surface area contributed by atoms with Gasteiger partial charge in [-0.1, -0.05) is 18.2 Å². The zero-order valence-electron chi connectivity index (χ0n) is 20.0. The average molecular weight is 480 g/mol. The van der Waals surface area contributed by atoms with Crippen molar-refractivity contribution < 1.29 is 28.6 Å². The number of aliphatic hydroxyl groups is 1. The fourth-order valence-corrected chi connectivity index (χ4v) is 5.44. The highest BCUT2D eigenvalue weighted by Gasteiger charge is 2.65. The van der Waals surface area contributed by atoms with Crippen molar-refractivity contribution in [3.05, 3.63) is 64.8 Å². The van der Waals surface area contributed by atoms with Gasteiger partial charge in [0, 0.05) is 38.3 Å². The molecular formula is C26H29N3O6. The minimum atomic E-state index is -1.74. The molecule has 184 valence electrons. The molecule has 3 aliphatic rings. The lowest BCUT2D eigenvalue weighted by Gasteiger charge is -2.36. The Bertz CT molecular complexity index is 1210. The first kappa shape index (κ1) is 23.3. The van der Waals surface area contributed by atoms with Crippen molar-refractivity contribution in [1.29, 1.82) is 0 Å². The number of para-hydroxylation sites is 1. The van der Waals surface area contributed by atoms with Crippen LogP contribution in [0.15, 0.2) is 52.1 Å². The Morgan fingerprint density at radius 3 is 2.51 bits per heavy atom. The molecule has 1 spiro atoms. The first-order valence-corrected chi connectivity index (χ1v) is 12.0. The third-order valence-electron chi connectivity index (χ3n) is 7.06. The van der Waals surface area contributed by atoms with Crippen LogP contribution in [0.25, 0.3) is 0 Å². The second kappa shape index (κ2) is 8.98. The van der Waals surface area contributed by atoms with Crippen LogP contribution < -0.4 is 4.90 Å². The van der Waals surface area contributed by atoms with Gasteiger partial charge in [0.1, 0.15) is 5.76 Å². The van der Waals surface area contributed by atoms with Gasteiger partial charge < -0.3 is 24.1 Å². The van der Waals surface area contributed by atoms with Crippen molar-refractivity contribution in [2.75, 3.05) is 50.8 Å². The first-order chi connectivity index (χ1) is 16.9. The maximum absolute atomic E-state index is 14.1. The van der Waals surface area contributed by atoms with Crippen LogP contribution in [0.2, 0.25) is 0 Å². The van der Waals surface area contributed by atoms with Gasteiger partial charge in [0.25, 0.3) is 11.8 Å². The number of likely N-dealkylation sites (N-methyl/N-ethyl adjacent to an activating group) is 1. The summed E-state index contributed by atoms with van der Waals surface area (Å²) >= 11 is 0. The standard InChI is InChI=1S/C26H29N3O6/c1-3-28-19-8-5-4-7-18(19)26(25(28)33)21(22(30)20-10-9-17(2)35-20)23(31)24(32)29(26)12-6-11-27-13-15-34-16-14-27/h4-5,7-10,31H,3,6,11-16H2,1-2H3/t26-/m0/s1. The molecule has 2 amide bonds. The van der Waals surface area contributed by atoms with E-state index in [0.29, 0.717) is 49.7 Å². The molecule has 1 aromatic carbocycles. The van der Waals surface area contributed by atoms with Crippen LogP contribution in [0.3, 0.4) is 0 Å². The Labute approximate surface area is 203 Å². The molecule has 3 aliphatic heterocycles. The molecular weight excluding hydrogens is 450 g/mol. The second-order valence-electron chi connectivity index (χ2n) is 9.00. The quantitative estimate of drug-likeness (QED) is 0.608. The van der Waals surface area contributed by atoms with E-state index in [-0.39, 0.29) is 17.9 Å². The van der Waals surface area contributed by atoms with Gasteiger partial charge in [-0.05, 0) is 38.5 Å². The fourth-order valence-electron chi connectivity index (χ4n) is 5.44. The highest BCUT2D eigenvalue weighted by atomic mass is 16.5. The molecule has 1 aromatic heterocycles. The molecule has 1 atom stereocenters. The molecule has 0 bridgehead atoms. The number of carbonyl (C=O) groups is 3. The summed E-state index contributed by atoms with van der Waals surface area (Å²) in [6, 6.07) is 10.3.